The van der Waals surface area contributed by atoms with Gasteiger partial charge >= 0.3 is 0 Å². The molecule has 2 aliphatic carbocycles. The summed E-state index contributed by atoms with van der Waals surface area (Å²) in [5.74, 6) is 0. The molecule has 0 aliphatic heterocycles. The summed E-state index contributed by atoms with van der Waals surface area (Å²) in [6.45, 7) is 20.6. The van der Waals surface area contributed by atoms with E-state index in [4.69, 9.17) is 8.83 Å². The second-order valence-electron chi connectivity index (χ2n) is 26.1. The Hall–Kier alpha value is -9.38. The zero-order chi connectivity index (χ0) is 56.7. The third-order valence-electron chi connectivity index (χ3n) is 18.0. The van der Waals surface area contributed by atoms with Crippen LogP contribution < -0.4 is 9.80 Å². The average molecular weight is 1080 g/mol. The van der Waals surface area contributed by atoms with Gasteiger partial charge in [0, 0.05) is 50.0 Å². The van der Waals surface area contributed by atoms with Crippen molar-refractivity contribution in [1.29, 1.82) is 0 Å². The van der Waals surface area contributed by atoms with Crippen LogP contribution in [0.1, 0.15) is 101 Å². The number of hydrogen-bond acceptors (Lipinski definition) is 4. The fourth-order valence-corrected chi connectivity index (χ4v) is 13.8. The molecule has 15 rings (SSSR count). The lowest BCUT2D eigenvalue weighted by Crippen LogP contribution is -2.26. The van der Waals surface area contributed by atoms with Crippen molar-refractivity contribution in [3.05, 3.63) is 276 Å². The van der Waals surface area contributed by atoms with Gasteiger partial charge in [0.05, 0.1) is 22.2 Å². The van der Waals surface area contributed by atoms with Gasteiger partial charge in [-0.15, -0.1) is 0 Å². The predicted octanol–water partition coefficient (Wildman–Crippen LogP) is 22.3. The first kappa shape index (κ1) is 50.6. The summed E-state index contributed by atoms with van der Waals surface area (Å²) in [5, 5.41) is 4.24. The molecular weight excluding hydrogens is 1010 g/mol. The van der Waals surface area contributed by atoms with E-state index in [1.165, 1.54) is 55.6 Å². The highest BCUT2D eigenvalue weighted by Gasteiger charge is 2.54. The summed E-state index contributed by atoms with van der Waals surface area (Å²) in [6, 6.07) is 87.9. The molecule has 0 radical (unpaired) electrons. The number of benzene rings is 11. The van der Waals surface area contributed by atoms with Crippen LogP contribution >= 0.6 is 0 Å². The Morgan fingerprint density at radius 3 is 1.18 bits per heavy atom. The van der Waals surface area contributed by atoms with Crippen molar-refractivity contribution in [3.63, 3.8) is 0 Å². The Labute approximate surface area is 486 Å². The van der Waals surface area contributed by atoms with Crippen LogP contribution in [0.4, 0.5) is 34.1 Å². The largest absolute Gasteiger partial charge is 0.455 e. The molecule has 83 heavy (non-hydrogen) atoms. The second kappa shape index (κ2) is 18.3. The number of fused-ring (bicyclic) bond motifs is 18. The highest BCUT2D eigenvalue weighted by Crippen LogP contribution is 2.68. The first-order chi connectivity index (χ1) is 40.1. The molecule has 4 nitrogen and oxygen atoms in total. The molecule has 4 heteroatoms. The highest BCUT2D eigenvalue weighted by molar-refractivity contribution is 6.26. The Balaban J connectivity index is 1.10. The van der Waals surface area contributed by atoms with Crippen LogP contribution in [0.2, 0.25) is 0 Å². The van der Waals surface area contributed by atoms with E-state index in [0.717, 1.165) is 94.7 Å². The zero-order valence-corrected chi connectivity index (χ0v) is 48.7. The summed E-state index contributed by atoms with van der Waals surface area (Å²) in [4.78, 5) is 4.92. The molecule has 0 amide bonds. The minimum Gasteiger partial charge on any atom is -0.455 e. The first-order valence-electron chi connectivity index (χ1n) is 29.3. The van der Waals surface area contributed by atoms with Gasteiger partial charge in [-0.25, -0.2) is 0 Å². The van der Waals surface area contributed by atoms with Crippen molar-refractivity contribution in [3.8, 4) is 33.4 Å². The van der Waals surface area contributed by atoms with Crippen LogP contribution in [0, 0.1) is 0 Å². The van der Waals surface area contributed by atoms with Gasteiger partial charge in [0.2, 0.25) is 0 Å². The quantitative estimate of drug-likeness (QED) is 0.159. The van der Waals surface area contributed by atoms with E-state index < -0.39 is 5.41 Å². The van der Waals surface area contributed by atoms with E-state index in [-0.39, 0.29) is 16.2 Å². The molecule has 0 bridgehead atoms. The Morgan fingerprint density at radius 1 is 0.313 bits per heavy atom. The molecule has 0 unspecified atom stereocenters. The molecule has 404 valence electrons. The maximum absolute atomic E-state index is 7.59. The van der Waals surface area contributed by atoms with E-state index in [1.54, 1.807) is 0 Å². The fourth-order valence-electron chi connectivity index (χ4n) is 13.8. The van der Waals surface area contributed by atoms with Crippen molar-refractivity contribution >= 4 is 78.0 Å². The number of rotatable bonds is 7. The first-order valence-corrected chi connectivity index (χ1v) is 29.3. The fraction of sp³-hybridized carbons (Fsp3) is 0.165. The molecule has 0 saturated carbocycles. The molecule has 11 aromatic carbocycles. The van der Waals surface area contributed by atoms with Gasteiger partial charge in [0.15, 0.2) is 5.58 Å². The maximum atomic E-state index is 7.59. The third kappa shape index (κ3) is 7.72. The Kier molecular flexibility index (Phi) is 11.2. The second-order valence-corrected chi connectivity index (χ2v) is 26.1. The number of anilines is 6. The van der Waals surface area contributed by atoms with E-state index in [9.17, 15) is 0 Å². The van der Waals surface area contributed by atoms with Crippen molar-refractivity contribution in [2.45, 2.75) is 84.0 Å². The van der Waals surface area contributed by atoms with Crippen LogP contribution in [-0.4, -0.2) is 0 Å². The molecule has 0 atom stereocenters. The lowest BCUT2D eigenvalue weighted by atomic mass is 9.70. The predicted molar refractivity (Wildman–Crippen MR) is 348 cm³/mol. The lowest BCUT2D eigenvalue weighted by molar-refractivity contribution is 0.590. The van der Waals surface area contributed by atoms with Crippen molar-refractivity contribution in [2.75, 3.05) is 9.80 Å². The Bertz CT molecular complexity index is 4590. The molecule has 1 spiro atoms. The molecule has 0 fully saturated rings. The van der Waals surface area contributed by atoms with Gasteiger partial charge in [0.1, 0.15) is 16.7 Å². The van der Waals surface area contributed by atoms with Crippen LogP contribution in [0.5, 0.6) is 0 Å². The standard InChI is InChI=1S/C79H66N2O2/c1-76(2,3)51-33-41-55(42-34-51)80(56-43-35-52(36-44-56)77(4,5)6)66-47-65-73(75-70(66)60-25-15-19-29-68(60)83-75)72-64(79(65)62-27-17-13-23-58(62)59-24-14-18-28-63(59)79)48-67(74-71(72)61-26-16-20-30-69(61)82-74)81(57-45-37-53(38-46-57)78(7,8)9)54-39-31-50(32-40-54)49-21-11-10-12-22-49/h10-48H,1-9H3. The van der Waals surface area contributed by atoms with Crippen molar-refractivity contribution in [1.82, 2.24) is 0 Å². The van der Waals surface area contributed by atoms with Crippen LogP contribution in [0.15, 0.2) is 245 Å². The summed E-state index contributed by atoms with van der Waals surface area (Å²) in [6.07, 6.45) is 0. The molecule has 2 heterocycles. The number of furan rings is 2. The van der Waals surface area contributed by atoms with Gasteiger partial charge in [-0.2, -0.15) is 0 Å². The molecule has 13 aromatic rings. The van der Waals surface area contributed by atoms with Gasteiger partial charge in [-0.3, -0.25) is 0 Å². The minimum atomic E-state index is -0.822. The summed E-state index contributed by atoms with van der Waals surface area (Å²) < 4.78 is 15.0. The maximum Gasteiger partial charge on any atom is 0.160 e. The van der Waals surface area contributed by atoms with Gasteiger partial charge < -0.3 is 18.6 Å². The number of para-hydroxylation sites is 2. The van der Waals surface area contributed by atoms with Crippen LogP contribution in [0.3, 0.4) is 0 Å². The van der Waals surface area contributed by atoms with Gasteiger partial charge in [0.25, 0.3) is 0 Å². The monoisotopic (exact) mass is 1070 g/mol. The molecule has 2 aliphatic rings. The summed E-state index contributed by atoms with van der Waals surface area (Å²) in [5.41, 5.74) is 24.3. The third-order valence-corrected chi connectivity index (χ3v) is 18.0. The normalized spacial score (nSPS) is 13.5. The summed E-state index contributed by atoms with van der Waals surface area (Å²) >= 11 is 0. The van der Waals surface area contributed by atoms with Crippen LogP contribution in [-0.2, 0) is 21.7 Å². The van der Waals surface area contributed by atoms with Crippen LogP contribution in [0.25, 0.3) is 77.3 Å². The van der Waals surface area contributed by atoms with E-state index in [2.05, 4.69) is 309 Å². The summed E-state index contributed by atoms with van der Waals surface area (Å²) in [7, 11) is 0. The smallest absolute Gasteiger partial charge is 0.160 e. The number of nitrogens with zero attached hydrogens (tertiary/aromatic N) is 2. The lowest BCUT2D eigenvalue weighted by Gasteiger charge is -2.34. The molecular formula is C79H66N2O2. The molecule has 0 saturated heterocycles. The minimum absolute atomic E-state index is 0.0285. The highest BCUT2D eigenvalue weighted by atomic mass is 16.3. The van der Waals surface area contributed by atoms with Crippen molar-refractivity contribution in [2.24, 2.45) is 0 Å². The van der Waals surface area contributed by atoms with Crippen molar-refractivity contribution < 1.29 is 8.83 Å². The topological polar surface area (TPSA) is 32.8 Å². The van der Waals surface area contributed by atoms with Gasteiger partial charge in [-0.1, -0.05) is 226 Å². The molecule has 2 aromatic heterocycles. The number of hydrogen-bond donors (Lipinski definition) is 0. The van der Waals surface area contributed by atoms with E-state index in [1.807, 2.05) is 0 Å². The SMILES string of the molecule is CC(C)(C)c1ccc(N(c2ccc(-c3ccccc3)cc2)c2cc3c(c4c2oc2ccccc24)-c2c(cc(N(c4ccc(C(C)(C)C)cc4)c4ccc(C(C)(C)C)cc4)c4c2oc2ccccc24)C32c3ccccc3-c3ccccc32)cc1. The van der Waals surface area contributed by atoms with E-state index >= 15 is 0 Å². The van der Waals surface area contributed by atoms with Gasteiger partial charge in [-0.05, 0) is 150 Å². The van der Waals surface area contributed by atoms with E-state index in [0.29, 0.717) is 0 Å². The zero-order valence-electron chi connectivity index (χ0n) is 48.7. The Morgan fingerprint density at radius 2 is 0.687 bits per heavy atom. The average Bonchev–Trinajstić information content (AvgIpc) is 1.93. The molecule has 0 N–H and O–H groups in total.